The van der Waals surface area contributed by atoms with E-state index >= 15 is 0 Å². The monoisotopic (exact) mass is 303 g/mol. The summed E-state index contributed by atoms with van der Waals surface area (Å²) in [6.45, 7) is 6.93. The maximum atomic E-state index is 12.4. The fourth-order valence-electron chi connectivity index (χ4n) is 3.64. The Balaban J connectivity index is 1.66. The van der Waals surface area contributed by atoms with Crippen LogP contribution in [0, 0.1) is 6.92 Å². The number of carbonyl (C=O) groups is 2. The van der Waals surface area contributed by atoms with Crippen molar-refractivity contribution in [1.82, 2.24) is 15.2 Å². The quantitative estimate of drug-likeness (QED) is 0.895. The molecule has 1 aromatic rings. The van der Waals surface area contributed by atoms with Gasteiger partial charge in [-0.1, -0.05) is 0 Å². The van der Waals surface area contributed by atoms with Crippen molar-refractivity contribution >= 4 is 11.7 Å². The molecule has 1 aliphatic carbocycles. The zero-order chi connectivity index (χ0) is 15.7. The number of rotatable bonds is 4. The Morgan fingerprint density at radius 3 is 2.68 bits per heavy atom. The number of aromatic amines is 1. The Hall–Kier alpha value is -1.62. The highest BCUT2D eigenvalue weighted by Crippen LogP contribution is 2.26. The zero-order valence-corrected chi connectivity index (χ0v) is 13.5. The maximum Gasteiger partial charge on any atom is 0.268 e. The third-order valence-corrected chi connectivity index (χ3v) is 4.99. The lowest BCUT2D eigenvalue weighted by atomic mass is 9.94. The number of hydrogen-bond acceptors (Lipinski definition) is 3. The number of nitrogens with one attached hydrogen (secondary N) is 2. The van der Waals surface area contributed by atoms with Crippen LogP contribution in [0.4, 0.5) is 0 Å². The van der Waals surface area contributed by atoms with Gasteiger partial charge in [-0.15, -0.1) is 0 Å². The lowest BCUT2D eigenvalue weighted by Crippen LogP contribution is -2.40. The van der Waals surface area contributed by atoms with Crippen LogP contribution >= 0.6 is 0 Å². The molecule has 1 aliphatic heterocycles. The van der Waals surface area contributed by atoms with Crippen LogP contribution in [-0.4, -0.2) is 47.3 Å². The number of nitrogens with zero attached hydrogens (tertiary/aromatic N) is 1. The molecule has 22 heavy (non-hydrogen) atoms. The number of hydrogen-bond donors (Lipinski definition) is 2. The molecule has 1 fully saturated rings. The molecule has 2 heterocycles. The molecule has 2 N–H and O–H groups in total. The molecule has 5 heteroatoms. The van der Waals surface area contributed by atoms with E-state index in [9.17, 15) is 9.59 Å². The van der Waals surface area contributed by atoms with Crippen LogP contribution in [0.3, 0.4) is 0 Å². The molecule has 120 valence electrons. The van der Waals surface area contributed by atoms with Gasteiger partial charge in [0.1, 0.15) is 5.69 Å². The summed E-state index contributed by atoms with van der Waals surface area (Å²) in [5.41, 5.74) is 3.07. The lowest BCUT2D eigenvalue weighted by molar-refractivity contribution is 0.0934. The first-order valence-corrected chi connectivity index (χ1v) is 8.35. The summed E-state index contributed by atoms with van der Waals surface area (Å²) < 4.78 is 0. The summed E-state index contributed by atoms with van der Waals surface area (Å²) in [5, 5.41) is 3.02. The Kier molecular flexibility index (Phi) is 4.34. The Morgan fingerprint density at radius 2 is 2.00 bits per heavy atom. The Morgan fingerprint density at radius 1 is 1.27 bits per heavy atom. The minimum atomic E-state index is -0.0919. The summed E-state index contributed by atoms with van der Waals surface area (Å²) in [6.07, 6.45) is 4.84. The first-order valence-electron chi connectivity index (χ1n) is 8.35. The van der Waals surface area contributed by atoms with Crippen LogP contribution in [0.25, 0.3) is 0 Å². The average Bonchev–Trinajstić information content (AvgIpc) is 3.13. The largest absolute Gasteiger partial charge is 0.354 e. The fraction of sp³-hybridized carbons (Fsp3) is 0.647. The predicted molar refractivity (Wildman–Crippen MR) is 85.4 cm³/mol. The third kappa shape index (κ3) is 2.82. The summed E-state index contributed by atoms with van der Waals surface area (Å²) in [7, 11) is 0. The molecular formula is C17H25N3O2. The second-order valence-corrected chi connectivity index (χ2v) is 6.56. The highest BCUT2D eigenvalue weighted by Gasteiger charge is 2.26. The molecule has 0 aromatic carbocycles. The average molecular weight is 303 g/mol. The summed E-state index contributed by atoms with van der Waals surface area (Å²) in [6, 6.07) is 0.359. The van der Waals surface area contributed by atoms with Crippen LogP contribution in [0.1, 0.15) is 64.7 Å². The summed E-state index contributed by atoms with van der Waals surface area (Å²) >= 11 is 0. The van der Waals surface area contributed by atoms with Crippen molar-refractivity contribution in [2.45, 2.75) is 52.0 Å². The van der Waals surface area contributed by atoms with E-state index in [4.69, 9.17) is 0 Å². The maximum absolute atomic E-state index is 12.4. The topological polar surface area (TPSA) is 65.2 Å². The predicted octanol–water partition coefficient (Wildman–Crippen LogP) is 2.06. The van der Waals surface area contributed by atoms with Crippen molar-refractivity contribution in [3.63, 3.8) is 0 Å². The van der Waals surface area contributed by atoms with E-state index in [0.717, 1.165) is 42.8 Å². The smallest absolute Gasteiger partial charge is 0.268 e. The van der Waals surface area contributed by atoms with Gasteiger partial charge in [-0.25, -0.2) is 0 Å². The first kappa shape index (κ1) is 15.3. The van der Waals surface area contributed by atoms with Crippen LogP contribution in [0.5, 0.6) is 0 Å². The Bertz CT molecular complexity index is 585. The molecule has 1 amide bonds. The molecule has 1 aromatic heterocycles. The van der Waals surface area contributed by atoms with Gasteiger partial charge in [0.25, 0.3) is 5.91 Å². The fourth-order valence-corrected chi connectivity index (χ4v) is 3.64. The first-order chi connectivity index (χ1) is 10.6. The summed E-state index contributed by atoms with van der Waals surface area (Å²) in [5.74, 6) is 0.0743. The molecule has 0 unspecified atom stereocenters. The number of likely N-dealkylation sites (tertiary alicyclic amines) is 1. The van der Waals surface area contributed by atoms with Crippen molar-refractivity contribution in [1.29, 1.82) is 0 Å². The van der Waals surface area contributed by atoms with E-state index < -0.39 is 0 Å². The highest BCUT2D eigenvalue weighted by molar-refractivity contribution is 6.04. The molecule has 0 bridgehead atoms. The lowest BCUT2D eigenvalue weighted by Gasteiger charge is -2.23. The second-order valence-electron chi connectivity index (χ2n) is 6.56. The number of amides is 1. The molecule has 1 saturated heterocycles. The van der Waals surface area contributed by atoms with Gasteiger partial charge in [-0.05, 0) is 58.2 Å². The second kappa shape index (κ2) is 6.24. The highest BCUT2D eigenvalue weighted by atomic mass is 16.2. The van der Waals surface area contributed by atoms with Crippen molar-refractivity contribution < 1.29 is 9.59 Å². The molecule has 3 rings (SSSR count). The number of aromatic nitrogens is 1. The molecule has 5 nitrogen and oxygen atoms in total. The van der Waals surface area contributed by atoms with E-state index in [1.165, 1.54) is 12.8 Å². The van der Waals surface area contributed by atoms with Crippen LogP contribution in [0.15, 0.2) is 0 Å². The van der Waals surface area contributed by atoms with Crippen molar-refractivity contribution in [2.75, 3.05) is 19.6 Å². The standard InChI is InChI=1S/C17H25N3O2/c1-11(20-8-3-4-9-20)10-18-17(22)16-12(2)15-13(19-16)6-5-7-14(15)21/h11,19H,3-10H2,1-2H3,(H,18,22)/t11-/m0/s1. The normalized spacial score (nSPS) is 20.0. The van der Waals surface area contributed by atoms with E-state index in [1.807, 2.05) is 6.92 Å². The minimum absolute atomic E-state index is 0.0919. The van der Waals surface area contributed by atoms with Gasteiger partial charge >= 0.3 is 0 Å². The van der Waals surface area contributed by atoms with Gasteiger partial charge in [0.05, 0.1) is 0 Å². The number of ketones is 1. The Labute approximate surface area is 131 Å². The van der Waals surface area contributed by atoms with E-state index in [-0.39, 0.29) is 11.7 Å². The van der Waals surface area contributed by atoms with Gasteiger partial charge in [-0.2, -0.15) is 0 Å². The zero-order valence-electron chi connectivity index (χ0n) is 13.5. The number of Topliss-reactive ketones (excluding diaryl/α,β-unsaturated/α-hetero) is 1. The van der Waals surface area contributed by atoms with Gasteiger partial charge in [0.2, 0.25) is 0 Å². The van der Waals surface area contributed by atoms with Gasteiger partial charge in [0.15, 0.2) is 5.78 Å². The summed E-state index contributed by atoms with van der Waals surface area (Å²) in [4.78, 5) is 30.1. The van der Waals surface area contributed by atoms with E-state index in [2.05, 4.69) is 22.1 Å². The van der Waals surface area contributed by atoms with Crippen LogP contribution < -0.4 is 5.32 Å². The van der Waals surface area contributed by atoms with Gasteiger partial charge in [-0.3, -0.25) is 14.5 Å². The van der Waals surface area contributed by atoms with E-state index in [0.29, 0.717) is 24.7 Å². The number of aryl methyl sites for hydroxylation is 1. The molecule has 0 spiro atoms. The van der Waals surface area contributed by atoms with Crippen LogP contribution in [-0.2, 0) is 6.42 Å². The molecule has 0 saturated carbocycles. The number of H-pyrrole nitrogens is 1. The van der Waals surface area contributed by atoms with Gasteiger partial charge in [0, 0.05) is 30.3 Å². The molecule has 2 aliphatic rings. The van der Waals surface area contributed by atoms with Crippen molar-refractivity contribution in [3.05, 3.63) is 22.5 Å². The van der Waals surface area contributed by atoms with Crippen LogP contribution in [0.2, 0.25) is 0 Å². The number of fused-ring (bicyclic) bond motifs is 1. The minimum Gasteiger partial charge on any atom is -0.354 e. The third-order valence-electron chi connectivity index (χ3n) is 4.99. The molecule has 0 radical (unpaired) electrons. The van der Waals surface area contributed by atoms with Crippen molar-refractivity contribution in [3.8, 4) is 0 Å². The number of carbonyl (C=O) groups excluding carboxylic acids is 2. The molecular weight excluding hydrogens is 278 g/mol. The van der Waals surface area contributed by atoms with E-state index in [1.54, 1.807) is 0 Å². The molecule has 1 atom stereocenters. The SMILES string of the molecule is Cc1c(C(=O)NC[C@H](C)N2CCCC2)[nH]c2c1C(=O)CCC2. The van der Waals surface area contributed by atoms with Crippen molar-refractivity contribution in [2.24, 2.45) is 0 Å². The van der Waals surface area contributed by atoms with Gasteiger partial charge < -0.3 is 10.3 Å².